The number of methoxy groups -OCH3 is 1. The number of halogens is 1. The van der Waals surface area contributed by atoms with Crippen molar-refractivity contribution in [1.82, 2.24) is 4.90 Å². The maximum atomic E-state index is 12.0. The zero-order chi connectivity index (χ0) is 14.6. The Labute approximate surface area is 113 Å². The van der Waals surface area contributed by atoms with Crippen molar-refractivity contribution in [2.75, 3.05) is 20.7 Å². The molecule has 1 aromatic carbocycles. The van der Waals surface area contributed by atoms with Crippen LogP contribution in [0.2, 0.25) is 5.02 Å². The summed E-state index contributed by atoms with van der Waals surface area (Å²) >= 11 is 5.72. The van der Waals surface area contributed by atoms with E-state index in [9.17, 15) is 19.7 Å². The first kappa shape index (κ1) is 14.9. The first-order chi connectivity index (χ1) is 8.86. The van der Waals surface area contributed by atoms with Gasteiger partial charge in [-0.15, -0.1) is 0 Å². The van der Waals surface area contributed by atoms with Crippen LogP contribution in [-0.4, -0.2) is 42.4 Å². The number of carbonyl (C=O) groups excluding carboxylic acids is 2. The third-order valence-corrected chi connectivity index (χ3v) is 2.56. The van der Waals surface area contributed by atoms with Gasteiger partial charge in [0, 0.05) is 18.1 Å². The number of nitro groups is 1. The van der Waals surface area contributed by atoms with Crippen molar-refractivity contribution in [3.05, 3.63) is 38.9 Å². The number of nitro benzene ring substituents is 1. The van der Waals surface area contributed by atoms with Gasteiger partial charge in [-0.1, -0.05) is 11.6 Å². The molecule has 1 aromatic rings. The maximum absolute atomic E-state index is 12.0. The second-order valence-electron chi connectivity index (χ2n) is 3.66. The standard InChI is InChI=1S/C11H11ClN2O5/c1-13(6-10(15)19-2)11(16)8-5-7(12)3-4-9(8)14(17)18/h3-5H,6H2,1-2H3. The Kier molecular flexibility index (Phi) is 4.82. The Bertz CT molecular complexity index is 532. The molecule has 7 nitrogen and oxygen atoms in total. The van der Waals surface area contributed by atoms with Crippen LogP contribution in [0, 0.1) is 10.1 Å². The average Bonchev–Trinajstić information content (AvgIpc) is 2.36. The first-order valence-electron chi connectivity index (χ1n) is 5.13. The normalized spacial score (nSPS) is 9.84. The van der Waals surface area contributed by atoms with Crippen molar-refractivity contribution in [3.63, 3.8) is 0 Å². The van der Waals surface area contributed by atoms with Gasteiger partial charge >= 0.3 is 5.97 Å². The van der Waals surface area contributed by atoms with Crippen molar-refractivity contribution in [3.8, 4) is 0 Å². The number of esters is 1. The van der Waals surface area contributed by atoms with Gasteiger partial charge in [-0.3, -0.25) is 19.7 Å². The van der Waals surface area contributed by atoms with Crippen molar-refractivity contribution in [2.45, 2.75) is 0 Å². The number of benzene rings is 1. The fraction of sp³-hybridized carbons (Fsp3) is 0.273. The Balaban J connectivity index is 3.07. The number of rotatable bonds is 4. The predicted octanol–water partition coefficient (Wildman–Crippen LogP) is 1.49. The van der Waals surface area contributed by atoms with Crippen molar-refractivity contribution in [2.24, 2.45) is 0 Å². The Morgan fingerprint density at radius 3 is 2.63 bits per heavy atom. The van der Waals surface area contributed by atoms with Crippen LogP contribution in [-0.2, 0) is 9.53 Å². The molecule has 0 saturated heterocycles. The van der Waals surface area contributed by atoms with Crippen LogP contribution in [0.4, 0.5) is 5.69 Å². The van der Waals surface area contributed by atoms with Crippen LogP contribution in [0.1, 0.15) is 10.4 Å². The average molecular weight is 287 g/mol. The van der Waals surface area contributed by atoms with Crippen LogP contribution in [0.5, 0.6) is 0 Å². The predicted molar refractivity (Wildman–Crippen MR) is 67.1 cm³/mol. The third-order valence-electron chi connectivity index (χ3n) is 2.33. The first-order valence-corrected chi connectivity index (χ1v) is 5.50. The molecule has 0 spiro atoms. The van der Waals surface area contributed by atoms with Gasteiger partial charge in [-0.25, -0.2) is 0 Å². The van der Waals surface area contributed by atoms with Gasteiger partial charge in [-0.2, -0.15) is 0 Å². The summed E-state index contributed by atoms with van der Waals surface area (Å²) < 4.78 is 4.42. The van der Waals surface area contributed by atoms with Gasteiger partial charge in [0.25, 0.3) is 11.6 Å². The monoisotopic (exact) mass is 286 g/mol. The van der Waals surface area contributed by atoms with E-state index >= 15 is 0 Å². The zero-order valence-corrected chi connectivity index (χ0v) is 11.0. The molecule has 0 radical (unpaired) electrons. The SMILES string of the molecule is COC(=O)CN(C)C(=O)c1cc(Cl)ccc1[N+](=O)[O-]. The molecule has 0 aliphatic heterocycles. The molecule has 0 N–H and O–H groups in total. The van der Waals surface area contributed by atoms with Crippen LogP contribution in [0.25, 0.3) is 0 Å². The lowest BCUT2D eigenvalue weighted by Gasteiger charge is -2.15. The molecular formula is C11H11ClN2O5. The van der Waals surface area contributed by atoms with E-state index in [1.807, 2.05) is 0 Å². The molecule has 0 aromatic heterocycles. The molecule has 19 heavy (non-hydrogen) atoms. The number of ether oxygens (including phenoxy) is 1. The van der Waals surface area contributed by atoms with E-state index in [1.165, 1.54) is 26.3 Å². The third kappa shape index (κ3) is 3.65. The van der Waals surface area contributed by atoms with Gasteiger partial charge in [-0.05, 0) is 12.1 Å². The highest BCUT2D eigenvalue weighted by Gasteiger charge is 2.24. The lowest BCUT2D eigenvalue weighted by Crippen LogP contribution is -2.33. The summed E-state index contributed by atoms with van der Waals surface area (Å²) in [5, 5.41) is 11.0. The molecule has 0 fully saturated rings. The van der Waals surface area contributed by atoms with Crippen molar-refractivity contribution < 1.29 is 19.2 Å². The molecule has 0 atom stereocenters. The number of amides is 1. The lowest BCUT2D eigenvalue weighted by molar-refractivity contribution is -0.385. The Morgan fingerprint density at radius 1 is 1.47 bits per heavy atom. The Hall–Kier alpha value is -2.15. The van der Waals surface area contributed by atoms with E-state index in [4.69, 9.17) is 11.6 Å². The van der Waals surface area contributed by atoms with Gasteiger partial charge in [0.1, 0.15) is 12.1 Å². The van der Waals surface area contributed by atoms with Gasteiger partial charge in [0.15, 0.2) is 0 Å². The molecule has 0 aliphatic rings. The molecule has 1 amide bonds. The second-order valence-corrected chi connectivity index (χ2v) is 4.09. The molecule has 0 heterocycles. The summed E-state index contributed by atoms with van der Waals surface area (Å²) in [7, 11) is 2.52. The highest BCUT2D eigenvalue weighted by atomic mass is 35.5. The van der Waals surface area contributed by atoms with E-state index in [2.05, 4.69) is 4.74 Å². The fourth-order valence-corrected chi connectivity index (χ4v) is 1.55. The minimum absolute atomic E-state index is 0.177. The largest absolute Gasteiger partial charge is 0.468 e. The fourth-order valence-electron chi connectivity index (χ4n) is 1.37. The molecular weight excluding hydrogens is 276 g/mol. The highest BCUT2D eigenvalue weighted by Crippen LogP contribution is 2.23. The molecule has 0 saturated carbocycles. The topological polar surface area (TPSA) is 89.8 Å². The molecule has 0 aliphatic carbocycles. The minimum atomic E-state index is -0.685. The smallest absolute Gasteiger partial charge is 0.325 e. The van der Waals surface area contributed by atoms with Crippen LogP contribution < -0.4 is 0 Å². The lowest BCUT2D eigenvalue weighted by atomic mass is 10.1. The van der Waals surface area contributed by atoms with E-state index < -0.39 is 16.8 Å². The molecule has 1 rings (SSSR count). The summed E-state index contributed by atoms with van der Waals surface area (Å²) in [4.78, 5) is 34.3. The number of carbonyl (C=O) groups is 2. The minimum Gasteiger partial charge on any atom is -0.468 e. The van der Waals surface area contributed by atoms with Crippen LogP contribution in [0.3, 0.4) is 0 Å². The molecule has 0 bridgehead atoms. The van der Waals surface area contributed by atoms with Gasteiger partial charge in [0.2, 0.25) is 0 Å². The zero-order valence-electron chi connectivity index (χ0n) is 10.3. The summed E-state index contributed by atoms with van der Waals surface area (Å²) in [6.07, 6.45) is 0. The second kappa shape index (κ2) is 6.14. The number of hydrogen-bond acceptors (Lipinski definition) is 5. The van der Waals surface area contributed by atoms with E-state index in [1.54, 1.807) is 0 Å². The van der Waals surface area contributed by atoms with E-state index in [0.717, 1.165) is 11.0 Å². The quantitative estimate of drug-likeness (QED) is 0.475. The summed E-state index contributed by atoms with van der Waals surface area (Å²) in [6.45, 7) is -0.307. The number of nitrogens with zero attached hydrogens (tertiary/aromatic N) is 2. The van der Waals surface area contributed by atoms with Gasteiger partial charge < -0.3 is 9.64 Å². The van der Waals surface area contributed by atoms with Crippen LogP contribution in [0.15, 0.2) is 18.2 Å². The number of likely N-dealkylation sites (N-methyl/N-ethyl adjacent to an activating group) is 1. The van der Waals surface area contributed by atoms with E-state index in [-0.39, 0.29) is 22.8 Å². The van der Waals surface area contributed by atoms with Gasteiger partial charge in [0.05, 0.1) is 12.0 Å². The molecule has 8 heteroatoms. The summed E-state index contributed by atoms with van der Waals surface area (Å²) in [5.41, 5.74) is -0.546. The summed E-state index contributed by atoms with van der Waals surface area (Å²) in [6, 6.07) is 3.65. The Morgan fingerprint density at radius 2 is 2.11 bits per heavy atom. The molecule has 0 unspecified atom stereocenters. The summed E-state index contributed by atoms with van der Waals surface area (Å²) in [5.74, 6) is -1.31. The van der Waals surface area contributed by atoms with Crippen LogP contribution >= 0.6 is 11.6 Å². The number of hydrogen-bond donors (Lipinski definition) is 0. The van der Waals surface area contributed by atoms with Crippen molar-refractivity contribution in [1.29, 1.82) is 0 Å². The maximum Gasteiger partial charge on any atom is 0.325 e. The van der Waals surface area contributed by atoms with E-state index in [0.29, 0.717) is 0 Å². The van der Waals surface area contributed by atoms with Crippen molar-refractivity contribution >= 4 is 29.2 Å². The highest BCUT2D eigenvalue weighted by molar-refractivity contribution is 6.31. The molecule has 102 valence electrons.